The molecule has 3 N–H and O–H groups in total. The maximum atomic E-state index is 15.0. The van der Waals surface area contributed by atoms with Crippen LogP contribution in [0.15, 0.2) is 42.5 Å². The molecule has 0 radical (unpaired) electrons. The molecule has 3 aromatic rings. The van der Waals surface area contributed by atoms with Crippen molar-refractivity contribution in [1.29, 1.82) is 0 Å². The summed E-state index contributed by atoms with van der Waals surface area (Å²) in [5.74, 6) is -0.625. The molecule has 2 heterocycles. The second-order valence-corrected chi connectivity index (χ2v) is 8.86. The van der Waals surface area contributed by atoms with E-state index < -0.39 is 18.0 Å². The van der Waals surface area contributed by atoms with Gasteiger partial charge in [-0.2, -0.15) is 5.10 Å². The fourth-order valence-corrected chi connectivity index (χ4v) is 4.38. The van der Waals surface area contributed by atoms with Gasteiger partial charge in [0.1, 0.15) is 11.9 Å². The Morgan fingerprint density at radius 1 is 1.26 bits per heavy atom. The van der Waals surface area contributed by atoms with Crippen molar-refractivity contribution in [2.24, 2.45) is 0 Å². The fourth-order valence-electron chi connectivity index (χ4n) is 4.38. The summed E-state index contributed by atoms with van der Waals surface area (Å²) >= 11 is 0. The van der Waals surface area contributed by atoms with Gasteiger partial charge in [-0.05, 0) is 50.1 Å². The van der Waals surface area contributed by atoms with Crippen molar-refractivity contribution >= 4 is 17.7 Å². The van der Waals surface area contributed by atoms with Crippen LogP contribution in [0, 0.1) is 19.7 Å². The van der Waals surface area contributed by atoms with Gasteiger partial charge in [-0.15, -0.1) is 0 Å². The third-order valence-corrected chi connectivity index (χ3v) is 6.21. The Balaban J connectivity index is 1.40. The Labute approximate surface area is 203 Å². The number of hydrogen-bond acceptors (Lipinski definition) is 5. The van der Waals surface area contributed by atoms with Crippen LogP contribution in [0.25, 0.3) is 11.1 Å². The number of halogens is 1. The number of aryl methyl sites for hydroxylation is 2. The highest BCUT2D eigenvalue weighted by atomic mass is 19.1. The molecule has 1 aromatic heterocycles. The summed E-state index contributed by atoms with van der Waals surface area (Å²) in [4.78, 5) is 24.7. The molecule has 1 aliphatic rings. The molecule has 2 amide bonds. The second kappa shape index (κ2) is 10.3. The number of nitrogens with zero attached hydrogens (tertiary/aromatic N) is 2. The first kappa shape index (κ1) is 24.4. The molecule has 4 rings (SSSR count). The lowest BCUT2D eigenvalue weighted by Gasteiger charge is -2.16. The maximum Gasteiger partial charge on any atom is 0.414 e. The molecule has 1 saturated heterocycles. The van der Waals surface area contributed by atoms with E-state index in [1.54, 1.807) is 12.1 Å². The Morgan fingerprint density at radius 2 is 2.00 bits per heavy atom. The summed E-state index contributed by atoms with van der Waals surface area (Å²) in [6.45, 7) is 8.64. The van der Waals surface area contributed by atoms with Crippen LogP contribution in [-0.4, -0.2) is 41.4 Å². The van der Waals surface area contributed by atoms with Crippen molar-refractivity contribution in [2.45, 2.75) is 46.4 Å². The Kier molecular flexibility index (Phi) is 7.16. The smallest absolute Gasteiger partial charge is 0.414 e. The zero-order valence-electron chi connectivity index (χ0n) is 20.3. The average Bonchev–Trinajstić information content (AvgIpc) is 3.37. The van der Waals surface area contributed by atoms with Gasteiger partial charge in [-0.25, -0.2) is 9.18 Å². The van der Waals surface area contributed by atoms with Gasteiger partial charge in [0.25, 0.3) is 0 Å². The van der Waals surface area contributed by atoms with Crippen LogP contribution in [0.1, 0.15) is 42.4 Å². The molecule has 8 nitrogen and oxygen atoms in total. The molecule has 2 aromatic carbocycles. The van der Waals surface area contributed by atoms with Crippen molar-refractivity contribution in [1.82, 2.24) is 20.8 Å². The third kappa shape index (κ3) is 5.51. The highest BCUT2D eigenvalue weighted by Gasteiger charge is 2.32. The van der Waals surface area contributed by atoms with E-state index in [4.69, 9.17) is 4.74 Å². The van der Waals surface area contributed by atoms with Gasteiger partial charge in [0.2, 0.25) is 5.91 Å². The molecular formula is C26H30FN5O3. The summed E-state index contributed by atoms with van der Waals surface area (Å²) in [7, 11) is 0. The molecule has 0 spiro atoms. The Hall–Kier alpha value is -3.72. The lowest BCUT2D eigenvalue weighted by atomic mass is 10.0. The predicted molar refractivity (Wildman–Crippen MR) is 131 cm³/mol. The molecule has 1 aliphatic heterocycles. The number of aromatic amines is 1. The molecule has 9 heteroatoms. The van der Waals surface area contributed by atoms with Gasteiger partial charge in [-0.1, -0.05) is 24.3 Å². The number of hydrogen-bond donors (Lipinski definition) is 3. The number of ether oxygens (including phenoxy) is 1. The van der Waals surface area contributed by atoms with E-state index in [9.17, 15) is 14.0 Å². The third-order valence-electron chi connectivity index (χ3n) is 6.21. The van der Waals surface area contributed by atoms with Gasteiger partial charge in [0.05, 0.1) is 24.5 Å². The zero-order chi connectivity index (χ0) is 25.1. The highest BCUT2D eigenvalue weighted by molar-refractivity contribution is 5.90. The standard InChI is InChI=1S/C26H30FN5O3/c1-15(25-16(2)30-31-17(25)3)28-12-19-5-7-20(8-6-19)23-10-9-21(11-24(23)27)32-14-22(35-26(32)34)13-29-18(4)33/h5-11,15,22,28H,12-14H2,1-4H3,(H,29,33)(H,30,31)/t15?,22-/m0/s1. The Bertz CT molecular complexity index is 1200. The first-order valence-electron chi connectivity index (χ1n) is 11.6. The van der Waals surface area contributed by atoms with Crippen molar-refractivity contribution in [3.63, 3.8) is 0 Å². The van der Waals surface area contributed by atoms with E-state index in [1.165, 1.54) is 23.5 Å². The van der Waals surface area contributed by atoms with Gasteiger partial charge >= 0.3 is 6.09 Å². The first-order valence-corrected chi connectivity index (χ1v) is 11.6. The quantitative estimate of drug-likeness (QED) is 0.451. The monoisotopic (exact) mass is 479 g/mol. The number of aromatic nitrogens is 2. The molecule has 0 saturated carbocycles. The molecular weight excluding hydrogens is 449 g/mol. The number of benzene rings is 2. The molecule has 2 atom stereocenters. The highest BCUT2D eigenvalue weighted by Crippen LogP contribution is 2.29. The van der Waals surface area contributed by atoms with Gasteiger partial charge in [0.15, 0.2) is 0 Å². The summed E-state index contributed by atoms with van der Waals surface area (Å²) in [5, 5.41) is 13.4. The van der Waals surface area contributed by atoms with Crippen LogP contribution in [0.3, 0.4) is 0 Å². The van der Waals surface area contributed by atoms with E-state index in [-0.39, 0.29) is 25.0 Å². The topological polar surface area (TPSA) is 99.4 Å². The van der Waals surface area contributed by atoms with Crippen molar-refractivity contribution in [3.8, 4) is 11.1 Å². The van der Waals surface area contributed by atoms with E-state index in [1.807, 2.05) is 38.1 Å². The van der Waals surface area contributed by atoms with Crippen LogP contribution in [0.5, 0.6) is 0 Å². The number of carbonyl (C=O) groups is 2. The molecule has 184 valence electrons. The van der Waals surface area contributed by atoms with Crippen molar-refractivity contribution in [3.05, 3.63) is 70.8 Å². The summed E-state index contributed by atoms with van der Waals surface area (Å²) in [6, 6.07) is 12.6. The van der Waals surface area contributed by atoms with Crippen LogP contribution in [0.2, 0.25) is 0 Å². The second-order valence-electron chi connectivity index (χ2n) is 8.86. The minimum absolute atomic E-state index is 0.147. The largest absolute Gasteiger partial charge is 0.442 e. The van der Waals surface area contributed by atoms with Gasteiger partial charge < -0.3 is 15.4 Å². The molecule has 0 aliphatic carbocycles. The molecule has 0 bridgehead atoms. The molecule has 1 unspecified atom stereocenters. The number of H-pyrrole nitrogens is 1. The lowest BCUT2D eigenvalue weighted by molar-refractivity contribution is -0.119. The van der Waals surface area contributed by atoms with Crippen LogP contribution < -0.4 is 15.5 Å². The number of rotatable bonds is 8. The van der Waals surface area contributed by atoms with E-state index >= 15 is 0 Å². The van der Waals surface area contributed by atoms with E-state index in [0.29, 0.717) is 17.8 Å². The minimum Gasteiger partial charge on any atom is -0.442 e. The maximum absolute atomic E-state index is 15.0. The first-order chi connectivity index (χ1) is 16.7. The SMILES string of the molecule is CC(=O)NC[C@H]1CN(c2ccc(-c3ccc(CNC(C)c4c(C)n[nH]c4C)cc3)c(F)c2)C(=O)O1. The molecule has 35 heavy (non-hydrogen) atoms. The van der Waals surface area contributed by atoms with Crippen LogP contribution >= 0.6 is 0 Å². The molecule has 1 fully saturated rings. The minimum atomic E-state index is -0.556. The van der Waals surface area contributed by atoms with Gasteiger partial charge in [0, 0.05) is 36.3 Å². The van der Waals surface area contributed by atoms with Crippen LogP contribution in [0.4, 0.5) is 14.9 Å². The number of anilines is 1. The van der Waals surface area contributed by atoms with E-state index in [0.717, 1.165) is 22.5 Å². The predicted octanol–water partition coefficient (Wildman–Crippen LogP) is 4.14. The summed E-state index contributed by atoms with van der Waals surface area (Å²) in [5.41, 5.74) is 5.92. The number of cyclic esters (lactones) is 1. The number of carbonyl (C=O) groups excluding carboxylic acids is 2. The summed E-state index contributed by atoms with van der Waals surface area (Å²) < 4.78 is 20.3. The average molecular weight is 480 g/mol. The van der Waals surface area contributed by atoms with Crippen molar-refractivity contribution in [2.75, 3.05) is 18.0 Å². The van der Waals surface area contributed by atoms with Crippen LogP contribution in [-0.2, 0) is 16.1 Å². The normalized spacial score (nSPS) is 16.3. The number of amides is 2. The van der Waals surface area contributed by atoms with Crippen molar-refractivity contribution < 1.29 is 18.7 Å². The zero-order valence-corrected chi connectivity index (χ0v) is 20.3. The summed E-state index contributed by atoms with van der Waals surface area (Å²) in [6.07, 6.45) is -1.03. The lowest BCUT2D eigenvalue weighted by Crippen LogP contribution is -2.33. The number of nitrogens with one attached hydrogen (secondary N) is 3. The fraction of sp³-hybridized carbons (Fsp3) is 0.346. The Morgan fingerprint density at radius 3 is 2.63 bits per heavy atom. The van der Waals surface area contributed by atoms with E-state index in [2.05, 4.69) is 27.8 Å². The van der Waals surface area contributed by atoms with Gasteiger partial charge in [-0.3, -0.25) is 14.8 Å².